The lowest BCUT2D eigenvalue weighted by atomic mass is 9.71. The van der Waals surface area contributed by atoms with E-state index in [1.165, 1.54) is 0 Å². The van der Waals surface area contributed by atoms with Crippen molar-refractivity contribution in [2.24, 2.45) is 11.1 Å². The number of nitriles is 1. The number of nitrogens with two attached hydrogens (primary N) is 2. The molecule has 124 valence electrons. The third-order valence-electron chi connectivity index (χ3n) is 3.85. The lowest BCUT2D eigenvalue weighted by Gasteiger charge is -2.29. The second-order valence-electron chi connectivity index (χ2n) is 5.25. The Kier molecular flexibility index (Phi) is 4.97. The van der Waals surface area contributed by atoms with Crippen LogP contribution in [0.3, 0.4) is 0 Å². The number of carbonyl (C=O) groups is 2. The fourth-order valence-corrected chi connectivity index (χ4v) is 3.83. The van der Waals surface area contributed by atoms with Gasteiger partial charge in [0.05, 0.1) is 21.5 Å². The number of carbonyl (C=O) groups excluding carboxylic acids is 2. The van der Waals surface area contributed by atoms with Gasteiger partial charge in [-0.25, -0.2) is 8.78 Å². The normalized spacial score (nSPS) is 20.3. The molecule has 6 nitrogen and oxygen atoms in total. The third-order valence-corrected chi connectivity index (χ3v) is 4.91. The Morgan fingerprint density at radius 2 is 2.22 bits per heavy atom. The van der Waals surface area contributed by atoms with Crippen LogP contribution >= 0.6 is 11.3 Å². The van der Waals surface area contributed by atoms with Crippen molar-refractivity contribution < 1.29 is 23.1 Å². The topological polar surface area (TPSA) is 119 Å². The molecular weight excluding hydrogens is 328 g/mol. The maximum absolute atomic E-state index is 12.7. The van der Waals surface area contributed by atoms with E-state index in [4.69, 9.17) is 16.2 Å². The van der Waals surface area contributed by atoms with E-state index >= 15 is 0 Å². The average molecular weight is 343 g/mol. The van der Waals surface area contributed by atoms with Crippen molar-refractivity contribution in [1.82, 2.24) is 0 Å². The SMILES string of the molecule is N#CC1(CCOCC(F)F)CCc2c(sc(N)c2C(N)=O)C1=O. The first-order valence-electron chi connectivity index (χ1n) is 6.85. The number of thiophene rings is 1. The standard InChI is InChI=1S/C14H15F2N3O3S/c15-8(16)5-22-4-3-14(6-17)2-1-7-9(12(18)21)13(19)23-10(7)11(14)20/h8H,1-5,19H2,(H2,18,21). The number of alkyl halides is 2. The van der Waals surface area contributed by atoms with Crippen LogP contribution in [0.4, 0.5) is 13.8 Å². The van der Waals surface area contributed by atoms with Crippen molar-refractivity contribution >= 4 is 28.0 Å². The van der Waals surface area contributed by atoms with Crippen molar-refractivity contribution in [1.29, 1.82) is 5.26 Å². The molecule has 4 N–H and O–H groups in total. The molecule has 1 heterocycles. The Hall–Kier alpha value is -2.05. The largest absolute Gasteiger partial charge is 0.390 e. The highest BCUT2D eigenvalue weighted by Gasteiger charge is 2.45. The van der Waals surface area contributed by atoms with Gasteiger partial charge in [-0.2, -0.15) is 5.26 Å². The zero-order chi connectivity index (χ0) is 17.2. The summed E-state index contributed by atoms with van der Waals surface area (Å²) in [6.45, 7) is -0.860. The summed E-state index contributed by atoms with van der Waals surface area (Å²) < 4.78 is 28.9. The number of ether oxygens (including phenoxy) is 1. The van der Waals surface area contributed by atoms with E-state index in [1.54, 1.807) is 0 Å². The van der Waals surface area contributed by atoms with E-state index in [-0.39, 0.29) is 34.9 Å². The van der Waals surface area contributed by atoms with Crippen molar-refractivity contribution in [3.63, 3.8) is 0 Å². The predicted molar refractivity (Wildman–Crippen MR) is 79.4 cm³/mol. The van der Waals surface area contributed by atoms with Gasteiger partial charge in [-0.1, -0.05) is 0 Å². The van der Waals surface area contributed by atoms with Crippen LogP contribution in [0, 0.1) is 16.7 Å². The van der Waals surface area contributed by atoms with E-state index in [9.17, 15) is 23.6 Å². The number of halogens is 2. The fraction of sp³-hybridized carbons (Fsp3) is 0.500. The van der Waals surface area contributed by atoms with E-state index in [2.05, 4.69) is 0 Å². The second kappa shape index (κ2) is 6.60. The number of ketones is 1. The van der Waals surface area contributed by atoms with Crippen LogP contribution in [0.15, 0.2) is 0 Å². The number of fused-ring (bicyclic) bond motifs is 1. The van der Waals surface area contributed by atoms with Crippen molar-refractivity contribution in [3.05, 3.63) is 16.0 Å². The van der Waals surface area contributed by atoms with E-state index in [0.717, 1.165) is 11.3 Å². The van der Waals surface area contributed by atoms with Crippen LogP contribution in [-0.4, -0.2) is 31.3 Å². The molecule has 2 rings (SSSR count). The molecule has 0 fully saturated rings. The summed E-state index contributed by atoms with van der Waals surface area (Å²) in [7, 11) is 0. The van der Waals surface area contributed by atoms with Gasteiger partial charge in [0, 0.05) is 6.61 Å². The number of amides is 1. The highest BCUT2D eigenvalue weighted by molar-refractivity contribution is 7.18. The first-order chi connectivity index (χ1) is 10.8. The summed E-state index contributed by atoms with van der Waals surface area (Å²) in [6, 6.07) is 1.99. The molecule has 9 heteroatoms. The number of nitrogen functional groups attached to an aromatic ring is 1. The zero-order valence-corrected chi connectivity index (χ0v) is 12.9. The molecular formula is C14H15F2N3O3S. The van der Waals surface area contributed by atoms with Gasteiger partial charge in [0.1, 0.15) is 12.0 Å². The molecule has 0 spiro atoms. The van der Waals surface area contributed by atoms with Gasteiger partial charge in [0.15, 0.2) is 5.78 Å². The number of rotatable bonds is 6. The minimum Gasteiger partial charge on any atom is -0.390 e. The Morgan fingerprint density at radius 1 is 1.52 bits per heavy atom. The lowest BCUT2D eigenvalue weighted by Crippen LogP contribution is -2.36. The van der Waals surface area contributed by atoms with E-state index in [1.807, 2.05) is 6.07 Å². The predicted octanol–water partition coefficient (Wildman–Crippen LogP) is 1.74. The molecule has 1 aliphatic carbocycles. The first kappa shape index (κ1) is 17.3. The molecule has 1 aromatic rings. The van der Waals surface area contributed by atoms with E-state index in [0.29, 0.717) is 12.0 Å². The van der Waals surface area contributed by atoms with E-state index < -0.39 is 30.1 Å². The monoisotopic (exact) mass is 343 g/mol. The molecule has 0 saturated heterocycles. The lowest BCUT2D eigenvalue weighted by molar-refractivity contribution is 0.00940. The number of hydrogen-bond acceptors (Lipinski definition) is 6. The van der Waals surface area contributed by atoms with Gasteiger partial charge in [-0.05, 0) is 24.8 Å². The van der Waals surface area contributed by atoms with Gasteiger partial charge in [-0.3, -0.25) is 9.59 Å². The molecule has 1 aromatic heterocycles. The minimum atomic E-state index is -2.60. The van der Waals surface area contributed by atoms with Crippen LogP contribution in [0.2, 0.25) is 0 Å². The van der Waals surface area contributed by atoms with Gasteiger partial charge >= 0.3 is 0 Å². The van der Waals surface area contributed by atoms with Crippen LogP contribution in [-0.2, 0) is 11.2 Å². The molecule has 0 bridgehead atoms. The molecule has 1 unspecified atom stereocenters. The summed E-state index contributed by atoms with van der Waals surface area (Å²) in [6.07, 6.45) is -2.12. The maximum Gasteiger partial charge on any atom is 0.261 e. The third kappa shape index (κ3) is 3.18. The highest BCUT2D eigenvalue weighted by Crippen LogP contribution is 2.44. The van der Waals surface area contributed by atoms with Gasteiger partial charge in [0.25, 0.3) is 12.3 Å². The second-order valence-corrected chi connectivity index (χ2v) is 6.30. The van der Waals surface area contributed by atoms with Crippen molar-refractivity contribution in [2.75, 3.05) is 18.9 Å². The quantitative estimate of drug-likeness (QED) is 0.763. The van der Waals surface area contributed by atoms with Gasteiger partial charge in [0.2, 0.25) is 0 Å². The summed E-state index contributed by atoms with van der Waals surface area (Å²) in [5.41, 5.74) is 10.3. The summed E-state index contributed by atoms with van der Waals surface area (Å²) in [5.74, 6) is -1.16. The Balaban J connectivity index is 2.23. The van der Waals surface area contributed by atoms with Gasteiger partial charge in [-0.15, -0.1) is 11.3 Å². The molecule has 0 radical (unpaired) electrons. The maximum atomic E-state index is 12.7. The Bertz CT molecular complexity index is 684. The summed E-state index contributed by atoms with van der Waals surface area (Å²) in [4.78, 5) is 24.4. The minimum absolute atomic E-state index is 0.0121. The molecule has 0 aromatic carbocycles. The number of hydrogen-bond donors (Lipinski definition) is 2. The van der Waals surface area contributed by atoms with Crippen molar-refractivity contribution in [2.45, 2.75) is 25.7 Å². The molecule has 0 aliphatic heterocycles. The molecule has 1 atom stereocenters. The number of primary amides is 1. The molecule has 1 aliphatic rings. The van der Waals surface area contributed by atoms with Crippen LogP contribution in [0.1, 0.15) is 38.4 Å². The fourth-order valence-electron chi connectivity index (χ4n) is 2.67. The van der Waals surface area contributed by atoms with Crippen LogP contribution in [0.5, 0.6) is 0 Å². The van der Waals surface area contributed by atoms with Gasteiger partial charge < -0.3 is 16.2 Å². The Morgan fingerprint density at radius 3 is 2.78 bits per heavy atom. The zero-order valence-electron chi connectivity index (χ0n) is 12.1. The number of anilines is 1. The number of Topliss-reactive ketones (excluding diaryl/α,β-unsaturated/α-hetero) is 1. The summed E-state index contributed by atoms with van der Waals surface area (Å²) in [5, 5.41) is 9.59. The highest BCUT2D eigenvalue weighted by atomic mass is 32.1. The smallest absolute Gasteiger partial charge is 0.261 e. The molecule has 0 saturated carbocycles. The summed E-state index contributed by atoms with van der Waals surface area (Å²) >= 11 is 0.930. The average Bonchev–Trinajstić information content (AvgIpc) is 2.83. The van der Waals surface area contributed by atoms with Crippen LogP contribution < -0.4 is 11.5 Å². The first-order valence-corrected chi connectivity index (χ1v) is 7.67. The van der Waals surface area contributed by atoms with Crippen molar-refractivity contribution in [3.8, 4) is 6.07 Å². The Labute approximate surface area is 135 Å². The van der Waals surface area contributed by atoms with Crippen LogP contribution in [0.25, 0.3) is 0 Å². The molecule has 23 heavy (non-hydrogen) atoms. The number of nitrogens with zero attached hydrogens (tertiary/aromatic N) is 1. The molecule has 1 amide bonds.